The molecule has 0 aliphatic rings. The molecule has 88 valence electrons. The van der Waals surface area contributed by atoms with Crippen molar-refractivity contribution in [1.29, 1.82) is 0 Å². The number of aryl methyl sites for hydroxylation is 1. The van der Waals surface area contributed by atoms with Gasteiger partial charge in [0.2, 0.25) is 0 Å². The van der Waals surface area contributed by atoms with Crippen molar-refractivity contribution in [3.05, 3.63) is 29.3 Å². The number of carbonyl (C=O) groups is 1. The van der Waals surface area contributed by atoms with Gasteiger partial charge < -0.3 is 5.73 Å². The number of Topliss-reactive ketones (excluding diaryl/α,β-unsaturated/α-hetero) is 1. The number of ketones is 1. The lowest BCUT2D eigenvalue weighted by Crippen LogP contribution is -2.06. The molecule has 1 aromatic rings. The lowest BCUT2D eigenvalue weighted by atomic mass is 9.95. The number of anilines is 1. The van der Waals surface area contributed by atoms with Gasteiger partial charge in [-0.05, 0) is 24.5 Å². The molecule has 2 heteroatoms. The van der Waals surface area contributed by atoms with Crippen LogP contribution in [0, 0.1) is 12.8 Å². The van der Waals surface area contributed by atoms with Crippen LogP contribution < -0.4 is 5.73 Å². The summed E-state index contributed by atoms with van der Waals surface area (Å²) >= 11 is 0. The van der Waals surface area contributed by atoms with E-state index in [9.17, 15) is 4.79 Å². The van der Waals surface area contributed by atoms with Crippen molar-refractivity contribution in [2.45, 2.75) is 40.0 Å². The fourth-order valence-corrected chi connectivity index (χ4v) is 1.84. The molecule has 1 unspecified atom stereocenters. The van der Waals surface area contributed by atoms with Crippen molar-refractivity contribution in [2.24, 2.45) is 5.92 Å². The van der Waals surface area contributed by atoms with Gasteiger partial charge in [-0.15, -0.1) is 0 Å². The molecule has 16 heavy (non-hydrogen) atoms. The molecule has 0 spiro atoms. The molecule has 0 radical (unpaired) electrons. The summed E-state index contributed by atoms with van der Waals surface area (Å²) in [7, 11) is 0. The monoisotopic (exact) mass is 219 g/mol. The van der Waals surface area contributed by atoms with Crippen LogP contribution in [0.4, 0.5) is 5.69 Å². The first-order valence-corrected chi connectivity index (χ1v) is 5.94. The van der Waals surface area contributed by atoms with E-state index in [1.54, 1.807) is 6.07 Å². The van der Waals surface area contributed by atoms with Crippen LogP contribution in [0.2, 0.25) is 0 Å². The van der Waals surface area contributed by atoms with Gasteiger partial charge in [-0.3, -0.25) is 4.79 Å². The van der Waals surface area contributed by atoms with E-state index in [1.165, 1.54) is 0 Å². The SMILES string of the molecule is CCCC(C)CC(=O)c1ccc(C)c(N)c1. The Morgan fingerprint density at radius 2 is 2.12 bits per heavy atom. The Labute approximate surface area is 97.9 Å². The van der Waals surface area contributed by atoms with Gasteiger partial charge in [-0.1, -0.05) is 38.8 Å². The van der Waals surface area contributed by atoms with Gasteiger partial charge in [0.25, 0.3) is 0 Å². The third kappa shape index (κ3) is 3.37. The predicted molar refractivity (Wildman–Crippen MR) is 68.6 cm³/mol. The normalized spacial score (nSPS) is 12.4. The Balaban J connectivity index is 2.69. The van der Waals surface area contributed by atoms with E-state index in [0.29, 0.717) is 18.0 Å². The molecular formula is C14H21NO. The van der Waals surface area contributed by atoms with Crippen LogP contribution in [0.25, 0.3) is 0 Å². The highest BCUT2D eigenvalue weighted by Gasteiger charge is 2.11. The van der Waals surface area contributed by atoms with Gasteiger partial charge in [0.1, 0.15) is 0 Å². The minimum absolute atomic E-state index is 0.202. The highest BCUT2D eigenvalue weighted by atomic mass is 16.1. The van der Waals surface area contributed by atoms with Crippen LogP contribution in [0.1, 0.15) is 49.0 Å². The van der Waals surface area contributed by atoms with Gasteiger partial charge in [0.15, 0.2) is 5.78 Å². The fourth-order valence-electron chi connectivity index (χ4n) is 1.84. The molecule has 1 atom stereocenters. The Bertz CT molecular complexity index is 371. The van der Waals surface area contributed by atoms with Crippen molar-refractivity contribution in [1.82, 2.24) is 0 Å². The highest BCUT2D eigenvalue weighted by molar-refractivity contribution is 5.97. The van der Waals surface area contributed by atoms with Crippen molar-refractivity contribution >= 4 is 11.5 Å². The zero-order chi connectivity index (χ0) is 12.1. The average molecular weight is 219 g/mol. The van der Waals surface area contributed by atoms with Gasteiger partial charge in [-0.25, -0.2) is 0 Å². The maximum Gasteiger partial charge on any atom is 0.163 e. The lowest BCUT2D eigenvalue weighted by molar-refractivity contribution is 0.0962. The van der Waals surface area contributed by atoms with Gasteiger partial charge in [-0.2, -0.15) is 0 Å². The summed E-state index contributed by atoms with van der Waals surface area (Å²) in [5.41, 5.74) is 8.27. The molecule has 1 rings (SSSR count). The van der Waals surface area contributed by atoms with E-state index >= 15 is 0 Å². The van der Waals surface area contributed by atoms with Crippen LogP contribution in [0.5, 0.6) is 0 Å². The number of rotatable bonds is 5. The van der Waals surface area contributed by atoms with E-state index in [1.807, 2.05) is 19.1 Å². The van der Waals surface area contributed by atoms with Crippen molar-refractivity contribution in [3.8, 4) is 0 Å². The Morgan fingerprint density at radius 3 is 2.69 bits per heavy atom. The number of hydrogen-bond donors (Lipinski definition) is 1. The van der Waals surface area contributed by atoms with Crippen molar-refractivity contribution in [2.75, 3.05) is 5.73 Å². The summed E-state index contributed by atoms with van der Waals surface area (Å²) in [4.78, 5) is 11.9. The van der Waals surface area contributed by atoms with E-state index in [2.05, 4.69) is 13.8 Å². The lowest BCUT2D eigenvalue weighted by Gasteiger charge is -2.09. The minimum Gasteiger partial charge on any atom is -0.398 e. The highest BCUT2D eigenvalue weighted by Crippen LogP contribution is 2.18. The number of benzene rings is 1. The summed E-state index contributed by atoms with van der Waals surface area (Å²) in [6, 6.07) is 5.57. The zero-order valence-electron chi connectivity index (χ0n) is 10.4. The van der Waals surface area contributed by atoms with E-state index in [-0.39, 0.29) is 5.78 Å². The standard InChI is InChI=1S/C14H21NO/c1-4-5-10(2)8-14(16)12-7-6-11(3)13(15)9-12/h6-7,9-10H,4-5,8,15H2,1-3H3. The van der Waals surface area contributed by atoms with Crippen LogP contribution in [-0.4, -0.2) is 5.78 Å². The molecule has 0 amide bonds. The van der Waals surface area contributed by atoms with Crippen molar-refractivity contribution in [3.63, 3.8) is 0 Å². The second kappa shape index (κ2) is 5.69. The molecule has 0 fully saturated rings. The summed E-state index contributed by atoms with van der Waals surface area (Å²) < 4.78 is 0. The first-order chi connectivity index (χ1) is 7.54. The zero-order valence-corrected chi connectivity index (χ0v) is 10.4. The van der Waals surface area contributed by atoms with Crippen LogP contribution in [-0.2, 0) is 0 Å². The molecule has 0 bridgehead atoms. The molecule has 0 saturated heterocycles. The molecule has 0 aliphatic heterocycles. The summed E-state index contributed by atoms with van der Waals surface area (Å²) in [6.45, 7) is 6.22. The van der Waals surface area contributed by atoms with E-state index in [4.69, 9.17) is 5.73 Å². The fraction of sp³-hybridized carbons (Fsp3) is 0.500. The van der Waals surface area contributed by atoms with E-state index < -0.39 is 0 Å². The molecule has 0 aliphatic carbocycles. The number of hydrogen-bond acceptors (Lipinski definition) is 2. The molecule has 0 saturated carbocycles. The van der Waals surface area contributed by atoms with Crippen LogP contribution >= 0.6 is 0 Å². The quantitative estimate of drug-likeness (QED) is 0.607. The Hall–Kier alpha value is -1.31. The largest absolute Gasteiger partial charge is 0.398 e. The van der Waals surface area contributed by atoms with Crippen LogP contribution in [0.15, 0.2) is 18.2 Å². The van der Waals surface area contributed by atoms with Gasteiger partial charge in [0.05, 0.1) is 0 Å². The topological polar surface area (TPSA) is 43.1 Å². The second-order valence-corrected chi connectivity index (χ2v) is 4.59. The van der Waals surface area contributed by atoms with Gasteiger partial charge in [0, 0.05) is 17.7 Å². The summed E-state index contributed by atoms with van der Waals surface area (Å²) in [5.74, 6) is 0.660. The first kappa shape index (κ1) is 12.8. The minimum atomic E-state index is 0.202. The van der Waals surface area contributed by atoms with Crippen LogP contribution in [0.3, 0.4) is 0 Å². The Kier molecular flexibility index (Phi) is 4.53. The number of carbonyl (C=O) groups excluding carboxylic acids is 1. The third-order valence-corrected chi connectivity index (χ3v) is 2.92. The smallest absolute Gasteiger partial charge is 0.163 e. The Morgan fingerprint density at radius 1 is 1.44 bits per heavy atom. The molecule has 2 N–H and O–H groups in total. The number of nitrogens with two attached hydrogens (primary N) is 1. The maximum atomic E-state index is 11.9. The predicted octanol–water partition coefficient (Wildman–Crippen LogP) is 3.59. The molecule has 0 aromatic heterocycles. The third-order valence-electron chi connectivity index (χ3n) is 2.92. The summed E-state index contributed by atoms with van der Waals surface area (Å²) in [5, 5.41) is 0. The first-order valence-electron chi connectivity index (χ1n) is 5.94. The molecule has 1 aromatic carbocycles. The molecule has 2 nitrogen and oxygen atoms in total. The maximum absolute atomic E-state index is 11.9. The molecule has 0 heterocycles. The molecular weight excluding hydrogens is 198 g/mol. The summed E-state index contributed by atoms with van der Waals surface area (Å²) in [6.07, 6.45) is 2.86. The van der Waals surface area contributed by atoms with Gasteiger partial charge >= 0.3 is 0 Å². The van der Waals surface area contributed by atoms with E-state index in [0.717, 1.165) is 24.0 Å². The second-order valence-electron chi connectivity index (χ2n) is 4.59. The average Bonchev–Trinajstić information content (AvgIpc) is 2.22. The van der Waals surface area contributed by atoms with Crippen molar-refractivity contribution < 1.29 is 4.79 Å². The number of nitrogen functional groups attached to an aromatic ring is 1.